The molecule has 4 atom stereocenters. The van der Waals surface area contributed by atoms with Crippen LogP contribution in [0, 0.1) is 11.3 Å². The third-order valence-electron chi connectivity index (χ3n) is 14.2. The highest BCUT2D eigenvalue weighted by atomic mass is 16.5. The molecule has 2 saturated carbocycles. The number of pyridine rings is 2. The number of likely N-dealkylation sites (N-methyl/N-ethyl adjacent to an activating group) is 1. The van der Waals surface area contributed by atoms with E-state index in [1.807, 2.05) is 115 Å². The number of aliphatic hydroxyl groups excluding tert-OH is 2. The molecule has 0 bridgehead atoms. The zero-order valence-electron chi connectivity index (χ0n) is 36.8. The van der Waals surface area contributed by atoms with Crippen LogP contribution in [-0.4, -0.2) is 70.6 Å². The van der Waals surface area contributed by atoms with Crippen molar-refractivity contribution in [3.63, 3.8) is 0 Å². The highest BCUT2D eigenvalue weighted by Gasteiger charge is 2.58. The van der Waals surface area contributed by atoms with Crippen molar-refractivity contribution in [3.8, 4) is 62.6 Å². The van der Waals surface area contributed by atoms with Crippen molar-refractivity contribution < 1.29 is 29.3 Å². The number of rotatable bonds is 12. The topological polar surface area (TPSA) is 198 Å². The highest BCUT2D eigenvalue weighted by molar-refractivity contribution is 6.05. The Hall–Kier alpha value is -6.79. The maximum Gasteiger partial charge on any atom is 0.362 e. The van der Waals surface area contributed by atoms with Gasteiger partial charge in [0.2, 0.25) is 17.7 Å². The summed E-state index contributed by atoms with van der Waals surface area (Å²) in [5, 5.41) is 32.1. The van der Waals surface area contributed by atoms with Gasteiger partial charge >= 0.3 is 5.91 Å². The highest BCUT2D eigenvalue weighted by Crippen LogP contribution is 2.49. The Morgan fingerprint density at radius 1 is 0.697 bits per heavy atom. The SMILES string of the molecule is C[N+]1(C(C#N)N2C(=O)C(CCO)Oc3nc(-c4ccc(C5(N)CCC5)cc4)c(-c4ccccc4)cc32)C(=O)C(CCO)Oc2nc(-c3ccc(C4(N)CCC4)cc3)c(-c3ccccc3)cc21. The second-order valence-corrected chi connectivity index (χ2v) is 18.2. The van der Waals surface area contributed by atoms with Gasteiger partial charge < -0.3 is 31.2 Å². The summed E-state index contributed by atoms with van der Waals surface area (Å²) in [6, 6.07) is 41.3. The first kappa shape index (κ1) is 43.1. The fourth-order valence-electron chi connectivity index (χ4n) is 9.95. The van der Waals surface area contributed by atoms with Gasteiger partial charge in [0.1, 0.15) is 5.69 Å². The lowest BCUT2D eigenvalue weighted by molar-refractivity contribution is -0.142. The number of nitriles is 1. The standard InChI is InChI=1S/C53H52N7O6/c1-60(42-31-40(34-12-6-3-7-13-34)47(58-49(42)66-44(23-29-62)51(60)64)36-16-20-38(21-17-36)53(56)26-9-27-53)45(32-54)59-41-30-39(33-10-4-2-5-11-33)46(57-48(41)65-43(22-28-61)50(59)63)35-14-18-37(19-15-35)52(55)24-8-25-52/h2-7,10-21,30-31,43-45,61-62H,8-9,22-29,55-56H2,1H3/q+1. The predicted octanol–water partition coefficient (Wildman–Crippen LogP) is 7.45. The quantitative estimate of drug-likeness (QED) is 0.0891. The zero-order chi connectivity index (χ0) is 45.8. The number of fused-ring (bicyclic) bond motifs is 2. The van der Waals surface area contributed by atoms with E-state index in [0.717, 1.165) is 71.9 Å². The maximum atomic E-state index is 15.2. The third-order valence-corrected chi connectivity index (χ3v) is 14.2. The van der Waals surface area contributed by atoms with Crippen molar-refractivity contribution in [1.29, 1.82) is 5.26 Å². The molecule has 0 spiro atoms. The molecule has 13 heteroatoms. The lowest BCUT2D eigenvalue weighted by Crippen LogP contribution is -2.71. The van der Waals surface area contributed by atoms with E-state index in [1.165, 1.54) is 4.90 Å². The van der Waals surface area contributed by atoms with Gasteiger partial charge in [-0.15, -0.1) is 0 Å². The number of nitrogens with two attached hydrogens (primary N) is 2. The summed E-state index contributed by atoms with van der Waals surface area (Å²) >= 11 is 0. The molecule has 2 fully saturated rings. The van der Waals surface area contributed by atoms with E-state index < -0.39 is 47.9 Å². The average Bonchev–Trinajstić information content (AvgIpc) is 3.33. The Labute approximate surface area is 383 Å². The van der Waals surface area contributed by atoms with Crippen LogP contribution in [0.2, 0.25) is 0 Å². The van der Waals surface area contributed by atoms with Gasteiger partial charge in [-0.1, -0.05) is 109 Å². The number of nitrogens with zero attached hydrogens (tertiary/aromatic N) is 5. The number of quaternary nitrogens is 1. The van der Waals surface area contributed by atoms with Crippen LogP contribution in [0.5, 0.6) is 11.8 Å². The van der Waals surface area contributed by atoms with Crippen molar-refractivity contribution >= 4 is 23.2 Å². The van der Waals surface area contributed by atoms with Crippen molar-refractivity contribution in [1.82, 2.24) is 14.5 Å². The normalized spacial score (nSPS) is 21.8. The minimum atomic E-state index is -1.57. The van der Waals surface area contributed by atoms with Crippen molar-refractivity contribution in [2.24, 2.45) is 11.5 Å². The summed E-state index contributed by atoms with van der Waals surface area (Å²) in [4.78, 5) is 41.8. The molecule has 6 N–H and O–H groups in total. The largest absolute Gasteiger partial charge is 0.463 e. The minimum absolute atomic E-state index is 0.0591. The first-order valence-corrected chi connectivity index (χ1v) is 22.7. The molecular formula is C53H52N7O6+. The summed E-state index contributed by atoms with van der Waals surface area (Å²) in [6.07, 6.45) is 1.55. The maximum absolute atomic E-state index is 15.2. The van der Waals surface area contributed by atoms with Gasteiger partial charge in [0, 0.05) is 65.5 Å². The van der Waals surface area contributed by atoms with Gasteiger partial charge in [-0.2, -0.15) is 9.74 Å². The number of carbonyl (C=O) groups is 2. The molecule has 66 heavy (non-hydrogen) atoms. The first-order chi connectivity index (χ1) is 32.0. The lowest BCUT2D eigenvalue weighted by Gasteiger charge is -2.45. The van der Waals surface area contributed by atoms with E-state index in [1.54, 1.807) is 13.1 Å². The van der Waals surface area contributed by atoms with Gasteiger partial charge in [0.15, 0.2) is 12.2 Å². The Balaban J connectivity index is 1.16. The van der Waals surface area contributed by atoms with Gasteiger partial charge in [0.05, 0.1) is 18.4 Å². The van der Waals surface area contributed by atoms with Gasteiger partial charge in [-0.3, -0.25) is 4.79 Å². The number of amides is 2. The monoisotopic (exact) mass is 882 g/mol. The molecule has 2 aliphatic heterocycles. The van der Waals surface area contributed by atoms with Gasteiger partial charge in [-0.25, -0.2) is 19.7 Å². The van der Waals surface area contributed by atoms with Crippen LogP contribution in [0.3, 0.4) is 0 Å². The van der Waals surface area contributed by atoms with Crippen LogP contribution in [0.25, 0.3) is 44.8 Å². The second-order valence-electron chi connectivity index (χ2n) is 18.2. The molecule has 10 rings (SSSR count). The van der Waals surface area contributed by atoms with E-state index in [0.29, 0.717) is 22.5 Å². The number of anilines is 1. The molecule has 4 aliphatic rings. The summed E-state index contributed by atoms with van der Waals surface area (Å²) in [6.45, 7) is -0.785. The molecule has 2 amide bonds. The number of hydrogen-bond donors (Lipinski definition) is 4. The summed E-state index contributed by atoms with van der Waals surface area (Å²) in [5.41, 5.74) is 20.8. The molecule has 4 unspecified atom stereocenters. The van der Waals surface area contributed by atoms with E-state index in [9.17, 15) is 20.3 Å². The molecular weight excluding hydrogens is 831 g/mol. The van der Waals surface area contributed by atoms with E-state index in [-0.39, 0.29) is 47.1 Å². The van der Waals surface area contributed by atoms with E-state index in [4.69, 9.17) is 30.9 Å². The molecule has 0 saturated heterocycles. The van der Waals surface area contributed by atoms with Crippen LogP contribution < -0.4 is 30.3 Å². The van der Waals surface area contributed by atoms with Gasteiger partial charge in [-0.05, 0) is 66.8 Å². The number of aliphatic hydroxyl groups is 2. The predicted molar refractivity (Wildman–Crippen MR) is 252 cm³/mol. The second kappa shape index (κ2) is 16.9. The van der Waals surface area contributed by atoms with Crippen LogP contribution in [0.15, 0.2) is 121 Å². The van der Waals surface area contributed by atoms with E-state index >= 15 is 4.79 Å². The molecule has 0 radical (unpaired) electrons. The number of benzene rings is 4. The van der Waals surface area contributed by atoms with Crippen LogP contribution in [-0.2, 0) is 20.7 Å². The molecule has 13 nitrogen and oxygen atoms in total. The van der Waals surface area contributed by atoms with Gasteiger partial charge in [0.25, 0.3) is 18.0 Å². The number of carbonyl (C=O) groups excluding carboxylic acids is 2. The van der Waals surface area contributed by atoms with Crippen molar-refractivity contribution in [3.05, 3.63) is 132 Å². The van der Waals surface area contributed by atoms with Crippen molar-refractivity contribution in [2.45, 2.75) is 80.8 Å². The summed E-state index contributed by atoms with van der Waals surface area (Å²) in [5.74, 6) is -1.05. The van der Waals surface area contributed by atoms with Crippen LogP contribution in [0.1, 0.15) is 62.5 Å². The summed E-state index contributed by atoms with van der Waals surface area (Å²) < 4.78 is 12.0. The lowest BCUT2D eigenvalue weighted by atomic mass is 9.72. The van der Waals surface area contributed by atoms with Crippen molar-refractivity contribution in [2.75, 3.05) is 25.2 Å². The fourth-order valence-corrected chi connectivity index (χ4v) is 9.95. The smallest absolute Gasteiger partial charge is 0.362 e. The molecule has 2 aliphatic carbocycles. The zero-order valence-corrected chi connectivity index (χ0v) is 36.8. The Kier molecular flexibility index (Phi) is 11.0. The molecule has 4 aromatic carbocycles. The third kappa shape index (κ3) is 7.13. The Bertz CT molecular complexity index is 2860. The molecule has 2 aromatic heterocycles. The van der Waals surface area contributed by atoms with Crippen LogP contribution in [0.4, 0.5) is 11.4 Å². The number of ether oxygens (including phenoxy) is 2. The minimum Gasteiger partial charge on any atom is -0.463 e. The number of aromatic nitrogens is 2. The fraction of sp³-hybridized carbons (Fsp3) is 0.302. The van der Waals surface area contributed by atoms with Crippen LogP contribution >= 0.6 is 0 Å². The number of hydrogen-bond acceptors (Lipinski definition) is 11. The first-order valence-electron chi connectivity index (χ1n) is 22.7. The molecule has 4 heterocycles. The molecule has 6 aromatic rings. The van der Waals surface area contributed by atoms with E-state index in [2.05, 4.69) is 6.07 Å². The Morgan fingerprint density at radius 2 is 1.17 bits per heavy atom. The molecule has 334 valence electrons. The average molecular weight is 883 g/mol. The summed E-state index contributed by atoms with van der Waals surface area (Å²) in [7, 11) is 1.59. The Morgan fingerprint density at radius 3 is 1.64 bits per heavy atom.